The summed E-state index contributed by atoms with van der Waals surface area (Å²) in [7, 11) is 2.02. The zero-order valence-corrected chi connectivity index (χ0v) is 9.95. The van der Waals surface area contributed by atoms with Gasteiger partial charge >= 0.3 is 0 Å². The summed E-state index contributed by atoms with van der Waals surface area (Å²) in [6.45, 7) is 2.28. The van der Waals surface area contributed by atoms with Gasteiger partial charge in [-0.1, -0.05) is 18.2 Å². The van der Waals surface area contributed by atoms with Gasteiger partial charge in [-0.25, -0.2) is 0 Å². The lowest BCUT2D eigenvalue weighted by atomic mass is 10.3. The summed E-state index contributed by atoms with van der Waals surface area (Å²) in [5.41, 5.74) is 7.42. The van der Waals surface area contributed by atoms with E-state index in [0.717, 1.165) is 24.5 Å². The first-order valence-corrected chi connectivity index (χ1v) is 5.65. The van der Waals surface area contributed by atoms with Crippen molar-refractivity contribution in [2.45, 2.75) is 6.54 Å². The van der Waals surface area contributed by atoms with Gasteiger partial charge in [0, 0.05) is 19.6 Å². The number of nitrogens with zero attached hydrogens (tertiary/aromatic N) is 4. The molecule has 2 N–H and O–H groups in total. The Morgan fingerprint density at radius 2 is 2.06 bits per heavy atom. The van der Waals surface area contributed by atoms with Gasteiger partial charge in [0.05, 0.1) is 17.6 Å². The van der Waals surface area contributed by atoms with E-state index in [2.05, 4.69) is 15.1 Å². The maximum absolute atomic E-state index is 5.50. The summed E-state index contributed by atoms with van der Waals surface area (Å²) in [4.78, 5) is 3.77. The lowest BCUT2D eigenvalue weighted by Crippen LogP contribution is -2.25. The summed E-state index contributed by atoms with van der Waals surface area (Å²) in [6.07, 6.45) is 1.79. The first-order valence-electron chi connectivity index (χ1n) is 5.65. The van der Waals surface area contributed by atoms with Gasteiger partial charge in [0.25, 0.3) is 0 Å². The lowest BCUT2D eigenvalue weighted by Gasteiger charge is -2.12. The molecule has 17 heavy (non-hydrogen) atoms. The van der Waals surface area contributed by atoms with Crippen LogP contribution in [0.2, 0.25) is 0 Å². The molecule has 0 saturated carbocycles. The third kappa shape index (κ3) is 3.12. The Morgan fingerprint density at radius 3 is 2.76 bits per heavy atom. The summed E-state index contributed by atoms with van der Waals surface area (Å²) >= 11 is 0. The maximum Gasteiger partial charge on any atom is 0.0971 e. The van der Waals surface area contributed by atoms with Gasteiger partial charge in [-0.15, -0.1) is 0 Å². The molecule has 1 heterocycles. The third-order valence-corrected chi connectivity index (χ3v) is 2.47. The molecule has 2 aromatic rings. The minimum atomic E-state index is 0.656. The molecule has 0 radical (unpaired) electrons. The minimum absolute atomic E-state index is 0.656. The lowest BCUT2D eigenvalue weighted by molar-refractivity contribution is 0.331. The monoisotopic (exact) mass is 231 g/mol. The number of rotatable bonds is 5. The van der Waals surface area contributed by atoms with Crippen molar-refractivity contribution in [2.75, 3.05) is 20.1 Å². The van der Waals surface area contributed by atoms with Gasteiger partial charge in [0.15, 0.2) is 0 Å². The summed E-state index contributed by atoms with van der Waals surface area (Å²) < 4.78 is 0. The molecule has 5 heteroatoms. The maximum atomic E-state index is 5.50. The van der Waals surface area contributed by atoms with Crippen molar-refractivity contribution in [2.24, 2.45) is 5.73 Å². The van der Waals surface area contributed by atoms with Gasteiger partial charge in [0.1, 0.15) is 0 Å². The van der Waals surface area contributed by atoms with E-state index in [1.54, 1.807) is 11.0 Å². The fraction of sp³-hybridized carbons (Fsp3) is 0.333. The van der Waals surface area contributed by atoms with Crippen LogP contribution in [0, 0.1) is 0 Å². The van der Waals surface area contributed by atoms with Crippen molar-refractivity contribution >= 4 is 0 Å². The van der Waals surface area contributed by atoms with E-state index in [9.17, 15) is 0 Å². The average Bonchev–Trinajstić information content (AvgIpc) is 2.79. The number of aromatic nitrogens is 3. The molecule has 0 aliphatic carbocycles. The van der Waals surface area contributed by atoms with Crippen LogP contribution in [-0.4, -0.2) is 40.0 Å². The van der Waals surface area contributed by atoms with E-state index < -0.39 is 0 Å². The standard InChI is InChI=1S/C12H17N5/c1-16(8-7-13)10-11-9-14-17(15-11)12-5-3-2-4-6-12/h2-6,9H,7-8,10,13H2,1H3. The molecule has 0 unspecified atom stereocenters. The molecule has 0 aliphatic heterocycles. The molecule has 0 spiro atoms. The van der Waals surface area contributed by atoms with Crippen molar-refractivity contribution in [3.8, 4) is 5.69 Å². The van der Waals surface area contributed by atoms with Gasteiger partial charge in [-0.3, -0.25) is 4.90 Å². The van der Waals surface area contributed by atoms with Crippen LogP contribution in [-0.2, 0) is 6.54 Å². The third-order valence-electron chi connectivity index (χ3n) is 2.47. The molecular formula is C12H17N5. The van der Waals surface area contributed by atoms with Crippen LogP contribution in [0.3, 0.4) is 0 Å². The normalized spacial score (nSPS) is 11.0. The Morgan fingerprint density at radius 1 is 1.29 bits per heavy atom. The number of likely N-dealkylation sites (N-methyl/N-ethyl adjacent to an activating group) is 1. The molecular weight excluding hydrogens is 214 g/mol. The van der Waals surface area contributed by atoms with Crippen LogP contribution in [0.4, 0.5) is 0 Å². The molecule has 2 rings (SSSR count). The second kappa shape index (κ2) is 5.56. The summed E-state index contributed by atoms with van der Waals surface area (Å²) in [5.74, 6) is 0. The first kappa shape index (κ1) is 11.8. The van der Waals surface area contributed by atoms with Crippen molar-refractivity contribution in [1.82, 2.24) is 19.9 Å². The number of nitrogens with two attached hydrogens (primary N) is 1. The molecule has 0 fully saturated rings. The van der Waals surface area contributed by atoms with E-state index in [-0.39, 0.29) is 0 Å². The largest absolute Gasteiger partial charge is 0.329 e. The predicted octanol–water partition coefficient (Wildman–Crippen LogP) is 0.658. The van der Waals surface area contributed by atoms with Crippen molar-refractivity contribution in [3.63, 3.8) is 0 Å². The number of hydrogen-bond acceptors (Lipinski definition) is 4. The Labute approximate surface area is 101 Å². The van der Waals surface area contributed by atoms with Crippen LogP contribution < -0.4 is 5.73 Å². The van der Waals surface area contributed by atoms with E-state index in [0.29, 0.717) is 6.54 Å². The minimum Gasteiger partial charge on any atom is -0.329 e. The average molecular weight is 231 g/mol. The van der Waals surface area contributed by atoms with E-state index in [4.69, 9.17) is 5.73 Å². The van der Waals surface area contributed by atoms with Gasteiger partial charge in [-0.05, 0) is 19.2 Å². The molecule has 90 valence electrons. The Balaban J connectivity index is 2.06. The highest BCUT2D eigenvalue weighted by molar-refractivity contribution is 5.28. The zero-order chi connectivity index (χ0) is 12.1. The van der Waals surface area contributed by atoms with Gasteiger partial charge < -0.3 is 5.73 Å². The summed E-state index contributed by atoms with van der Waals surface area (Å²) in [5, 5.41) is 8.67. The Bertz CT molecular complexity index is 451. The SMILES string of the molecule is CN(CCN)Cc1cnn(-c2ccccc2)n1. The highest BCUT2D eigenvalue weighted by Gasteiger charge is 2.05. The van der Waals surface area contributed by atoms with Crippen molar-refractivity contribution in [1.29, 1.82) is 0 Å². The van der Waals surface area contributed by atoms with Crippen molar-refractivity contribution in [3.05, 3.63) is 42.2 Å². The van der Waals surface area contributed by atoms with E-state index in [1.165, 1.54) is 0 Å². The second-order valence-corrected chi connectivity index (χ2v) is 3.99. The molecule has 0 aliphatic rings. The summed E-state index contributed by atoms with van der Waals surface area (Å²) in [6, 6.07) is 9.88. The molecule has 0 atom stereocenters. The molecule has 1 aromatic heterocycles. The van der Waals surface area contributed by atoms with Crippen LogP contribution in [0.5, 0.6) is 0 Å². The van der Waals surface area contributed by atoms with Crippen LogP contribution in [0.15, 0.2) is 36.5 Å². The molecule has 0 amide bonds. The van der Waals surface area contributed by atoms with Crippen LogP contribution in [0.1, 0.15) is 5.69 Å². The fourth-order valence-corrected chi connectivity index (χ4v) is 1.63. The van der Waals surface area contributed by atoms with Gasteiger partial charge in [-0.2, -0.15) is 15.0 Å². The van der Waals surface area contributed by atoms with Crippen LogP contribution >= 0.6 is 0 Å². The molecule has 0 bridgehead atoms. The topological polar surface area (TPSA) is 60.0 Å². The molecule has 5 nitrogen and oxygen atoms in total. The Kier molecular flexibility index (Phi) is 3.85. The number of para-hydroxylation sites is 1. The van der Waals surface area contributed by atoms with E-state index >= 15 is 0 Å². The first-order chi connectivity index (χ1) is 8.29. The number of hydrogen-bond donors (Lipinski definition) is 1. The highest BCUT2D eigenvalue weighted by Crippen LogP contribution is 2.05. The smallest absolute Gasteiger partial charge is 0.0971 e. The van der Waals surface area contributed by atoms with Gasteiger partial charge in [0.2, 0.25) is 0 Å². The zero-order valence-electron chi connectivity index (χ0n) is 9.95. The number of benzene rings is 1. The predicted molar refractivity (Wildman–Crippen MR) is 66.7 cm³/mol. The molecule has 1 aromatic carbocycles. The second-order valence-electron chi connectivity index (χ2n) is 3.99. The van der Waals surface area contributed by atoms with Crippen molar-refractivity contribution < 1.29 is 0 Å². The fourth-order valence-electron chi connectivity index (χ4n) is 1.63. The highest BCUT2D eigenvalue weighted by atomic mass is 15.5. The quantitative estimate of drug-likeness (QED) is 0.821. The van der Waals surface area contributed by atoms with E-state index in [1.807, 2.05) is 37.4 Å². The Hall–Kier alpha value is -1.72. The van der Waals surface area contributed by atoms with Crippen LogP contribution in [0.25, 0.3) is 5.69 Å². The molecule has 0 saturated heterocycles.